The minimum absolute atomic E-state index is 0.179. The fourth-order valence-corrected chi connectivity index (χ4v) is 4.19. The number of carbonyl (C=O) groups excluding carboxylic acids is 1. The molecule has 3 aromatic carbocycles. The van der Waals surface area contributed by atoms with Crippen molar-refractivity contribution in [3.8, 4) is 11.4 Å². The molecule has 1 amide bonds. The molecule has 0 aliphatic rings. The number of halogens is 1. The Balaban J connectivity index is 1.55. The fourth-order valence-electron chi connectivity index (χ4n) is 3.12. The third-order valence-electron chi connectivity index (χ3n) is 4.63. The van der Waals surface area contributed by atoms with Gasteiger partial charge in [-0.15, -0.1) is 0 Å². The maximum absolute atomic E-state index is 14.2. The molecular weight excluding hydrogens is 419 g/mol. The highest BCUT2D eigenvalue weighted by atomic mass is 32.2. The molecule has 0 bridgehead atoms. The number of aromatic amines is 1. The Kier molecular flexibility index (Phi) is 5.53. The first-order valence-electron chi connectivity index (χ1n) is 9.53. The zero-order valence-corrected chi connectivity index (χ0v) is 17.3. The number of rotatable bonds is 6. The van der Waals surface area contributed by atoms with Crippen molar-refractivity contribution in [3.05, 3.63) is 78.1 Å². The summed E-state index contributed by atoms with van der Waals surface area (Å²) in [4.78, 5) is 20.1. The smallest absolute Gasteiger partial charge is 0.258 e. The summed E-state index contributed by atoms with van der Waals surface area (Å²) in [6.07, 6.45) is 0. The van der Waals surface area contributed by atoms with Gasteiger partial charge in [0, 0.05) is 17.8 Å². The summed E-state index contributed by atoms with van der Waals surface area (Å²) in [5.41, 5.74) is 2.65. The highest BCUT2D eigenvalue weighted by Crippen LogP contribution is 2.23. The maximum Gasteiger partial charge on any atom is 0.258 e. The third kappa shape index (κ3) is 4.32. The number of benzene rings is 3. The summed E-state index contributed by atoms with van der Waals surface area (Å²) in [6, 6.07) is 17.6. The van der Waals surface area contributed by atoms with Gasteiger partial charge in [0.25, 0.3) is 5.91 Å². The van der Waals surface area contributed by atoms with E-state index >= 15 is 0 Å². The van der Waals surface area contributed by atoms with Gasteiger partial charge in [-0.3, -0.25) is 4.79 Å². The molecule has 7 nitrogen and oxygen atoms in total. The minimum Gasteiger partial charge on any atom is -0.338 e. The number of hydrogen-bond acceptors (Lipinski definition) is 4. The van der Waals surface area contributed by atoms with Crippen LogP contribution in [-0.2, 0) is 10.0 Å². The van der Waals surface area contributed by atoms with Gasteiger partial charge in [0.05, 0.1) is 21.5 Å². The first kappa shape index (κ1) is 20.7. The van der Waals surface area contributed by atoms with Gasteiger partial charge in [0.15, 0.2) is 0 Å². The van der Waals surface area contributed by atoms with E-state index in [0.717, 1.165) is 34.8 Å². The maximum atomic E-state index is 14.2. The zero-order valence-electron chi connectivity index (χ0n) is 16.5. The number of fused-ring (bicyclic) bond motifs is 1. The second-order valence-electron chi connectivity index (χ2n) is 6.78. The molecule has 3 N–H and O–H groups in total. The molecule has 158 valence electrons. The van der Waals surface area contributed by atoms with Crippen LogP contribution in [0.2, 0.25) is 0 Å². The average molecular weight is 438 g/mol. The molecule has 9 heteroatoms. The second kappa shape index (κ2) is 8.29. The lowest BCUT2D eigenvalue weighted by molar-refractivity contribution is 0.102. The van der Waals surface area contributed by atoms with E-state index in [-0.39, 0.29) is 17.0 Å². The first-order chi connectivity index (χ1) is 14.9. The molecule has 0 fully saturated rings. The molecular formula is C22H19FN4O3S. The number of para-hydroxylation sites is 2. The highest BCUT2D eigenvalue weighted by molar-refractivity contribution is 7.89. The van der Waals surface area contributed by atoms with Gasteiger partial charge >= 0.3 is 0 Å². The van der Waals surface area contributed by atoms with Gasteiger partial charge in [0.1, 0.15) is 11.6 Å². The van der Waals surface area contributed by atoms with Crippen molar-refractivity contribution in [1.82, 2.24) is 14.7 Å². The van der Waals surface area contributed by atoms with E-state index in [1.807, 2.05) is 24.3 Å². The normalized spacial score (nSPS) is 11.5. The Hall–Kier alpha value is -3.56. The number of H-pyrrole nitrogens is 1. The average Bonchev–Trinajstić information content (AvgIpc) is 3.18. The van der Waals surface area contributed by atoms with Crippen LogP contribution >= 0.6 is 0 Å². The molecule has 4 aromatic rings. The molecule has 0 aliphatic heterocycles. The Morgan fingerprint density at radius 2 is 1.81 bits per heavy atom. The number of anilines is 1. The number of hydrogen-bond donors (Lipinski definition) is 3. The van der Waals surface area contributed by atoms with Crippen LogP contribution in [0.15, 0.2) is 71.6 Å². The zero-order chi connectivity index (χ0) is 22.0. The van der Waals surface area contributed by atoms with Gasteiger partial charge < -0.3 is 10.3 Å². The number of amides is 1. The van der Waals surface area contributed by atoms with Gasteiger partial charge in [-0.25, -0.2) is 22.5 Å². The predicted molar refractivity (Wildman–Crippen MR) is 117 cm³/mol. The molecule has 4 rings (SSSR count). The lowest BCUT2D eigenvalue weighted by atomic mass is 10.1. The van der Waals surface area contributed by atoms with Crippen LogP contribution in [0.25, 0.3) is 22.4 Å². The number of carbonyl (C=O) groups is 1. The van der Waals surface area contributed by atoms with Crippen LogP contribution in [0.5, 0.6) is 0 Å². The van der Waals surface area contributed by atoms with E-state index in [4.69, 9.17) is 0 Å². The SMILES string of the molecule is CCNS(=O)(=O)c1ccc(F)c(C(=O)Nc2ccc(-c3nc4ccccc4[nH]3)cc2)c1. The summed E-state index contributed by atoms with van der Waals surface area (Å²) in [6.45, 7) is 1.81. The molecule has 31 heavy (non-hydrogen) atoms. The largest absolute Gasteiger partial charge is 0.338 e. The quantitative estimate of drug-likeness (QED) is 0.424. The van der Waals surface area contributed by atoms with E-state index in [0.29, 0.717) is 11.5 Å². The molecule has 1 heterocycles. The summed E-state index contributed by atoms with van der Waals surface area (Å²) in [7, 11) is -3.81. The van der Waals surface area contributed by atoms with E-state index in [9.17, 15) is 17.6 Å². The van der Waals surface area contributed by atoms with Gasteiger partial charge in [-0.05, 0) is 54.6 Å². The number of sulfonamides is 1. The van der Waals surface area contributed by atoms with Crippen molar-refractivity contribution >= 4 is 32.7 Å². The molecule has 0 atom stereocenters. The monoisotopic (exact) mass is 438 g/mol. The number of nitrogens with zero attached hydrogens (tertiary/aromatic N) is 1. The fraction of sp³-hybridized carbons (Fsp3) is 0.0909. The Labute approximate surface area is 178 Å². The summed E-state index contributed by atoms with van der Waals surface area (Å²) >= 11 is 0. The van der Waals surface area contributed by atoms with E-state index < -0.39 is 21.7 Å². The Morgan fingerprint density at radius 3 is 2.52 bits per heavy atom. The van der Waals surface area contributed by atoms with Gasteiger partial charge in [-0.1, -0.05) is 19.1 Å². The lowest BCUT2D eigenvalue weighted by Crippen LogP contribution is -2.24. The van der Waals surface area contributed by atoms with Crippen molar-refractivity contribution in [2.45, 2.75) is 11.8 Å². The van der Waals surface area contributed by atoms with Crippen LogP contribution in [0.4, 0.5) is 10.1 Å². The molecule has 0 unspecified atom stereocenters. The number of imidazole rings is 1. The lowest BCUT2D eigenvalue weighted by Gasteiger charge is -2.09. The second-order valence-corrected chi connectivity index (χ2v) is 8.54. The number of nitrogens with one attached hydrogen (secondary N) is 3. The minimum atomic E-state index is -3.81. The third-order valence-corrected chi connectivity index (χ3v) is 6.18. The Morgan fingerprint density at radius 1 is 1.06 bits per heavy atom. The highest BCUT2D eigenvalue weighted by Gasteiger charge is 2.19. The van der Waals surface area contributed by atoms with Crippen molar-refractivity contribution in [3.63, 3.8) is 0 Å². The van der Waals surface area contributed by atoms with E-state index in [1.54, 1.807) is 31.2 Å². The van der Waals surface area contributed by atoms with E-state index in [1.165, 1.54) is 0 Å². The van der Waals surface area contributed by atoms with Crippen LogP contribution < -0.4 is 10.0 Å². The van der Waals surface area contributed by atoms with Crippen LogP contribution in [-0.4, -0.2) is 30.8 Å². The number of aromatic nitrogens is 2. The molecule has 0 aliphatic carbocycles. The molecule has 1 aromatic heterocycles. The van der Waals surface area contributed by atoms with Crippen molar-refractivity contribution < 1.29 is 17.6 Å². The summed E-state index contributed by atoms with van der Waals surface area (Å²) in [5.74, 6) is -0.874. The van der Waals surface area contributed by atoms with Gasteiger partial charge in [0.2, 0.25) is 10.0 Å². The van der Waals surface area contributed by atoms with Crippen molar-refractivity contribution in [2.75, 3.05) is 11.9 Å². The van der Waals surface area contributed by atoms with Crippen LogP contribution in [0, 0.1) is 5.82 Å². The molecule has 0 saturated carbocycles. The van der Waals surface area contributed by atoms with Crippen LogP contribution in [0.3, 0.4) is 0 Å². The van der Waals surface area contributed by atoms with Crippen molar-refractivity contribution in [2.24, 2.45) is 0 Å². The standard InChI is InChI=1S/C22H19FN4O3S/c1-2-24-31(29,30)16-11-12-18(23)17(13-16)22(28)25-15-9-7-14(8-10-15)21-26-19-5-3-4-6-20(19)27-21/h3-13,24H,2H2,1H3,(H,25,28)(H,26,27). The van der Waals surface area contributed by atoms with Gasteiger partial charge in [-0.2, -0.15) is 0 Å². The molecule has 0 radical (unpaired) electrons. The topological polar surface area (TPSA) is 104 Å². The summed E-state index contributed by atoms with van der Waals surface area (Å²) in [5, 5.41) is 2.59. The van der Waals surface area contributed by atoms with E-state index in [2.05, 4.69) is 20.0 Å². The Bertz CT molecular complexity index is 1330. The summed E-state index contributed by atoms with van der Waals surface area (Å²) < 4.78 is 40.8. The van der Waals surface area contributed by atoms with Crippen molar-refractivity contribution in [1.29, 1.82) is 0 Å². The predicted octanol–water partition coefficient (Wildman–Crippen LogP) is 3.92. The molecule has 0 spiro atoms. The first-order valence-corrected chi connectivity index (χ1v) is 11.0. The molecule has 0 saturated heterocycles. The van der Waals surface area contributed by atoms with Crippen LogP contribution in [0.1, 0.15) is 17.3 Å².